The maximum Gasteiger partial charge on any atom is 0.233 e. The fourth-order valence-electron chi connectivity index (χ4n) is 2.85. The van der Waals surface area contributed by atoms with Gasteiger partial charge in [0.05, 0.1) is 6.04 Å². The summed E-state index contributed by atoms with van der Waals surface area (Å²) in [4.78, 5) is 24.5. The first-order chi connectivity index (χ1) is 12.0. The van der Waals surface area contributed by atoms with E-state index >= 15 is 0 Å². The minimum Gasteiger partial charge on any atom is -0.349 e. The van der Waals surface area contributed by atoms with Crippen LogP contribution in [-0.2, 0) is 22.4 Å². The number of para-hydroxylation sites is 1. The maximum atomic E-state index is 12.3. The highest BCUT2D eigenvalue weighted by Gasteiger charge is 2.15. The molecule has 0 spiro atoms. The predicted molar refractivity (Wildman–Crippen MR) is 101 cm³/mol. The van der Waals surface area contributed by atoms with Crippen molar-refractivity contribution >= 4 is 17.5 Å². The van der Waals surface area contributed by atoms with Gasteiger partial charge in [0, 0.05) is 5.69 Å². The SMILES string of the molecule is CCc1cccc(CC)c1NC(=O)CC(=O)NC(C)c1ccccc1. The molecule has 4 nitrogen and oxygen atoms in total. The van der Waals surface area contributed by atoms with Crippen LogP contribution in [-0.4, -0.2) is 11.8 Å². The summed E-state index contributed by atoms with van der Waals surface area (Å²) < 4.78 is 0. The molecule has 0 aliphatic carbocycles. The summed E-state index contributed by atoms with van der Waals surface area (Å²) in [7, 11) is 0. The second kappa shape index (κ2) is 9.02. The van der Waals surface area contributed by atoms with E-state index < -0.39 is 0 Å². The van der Waals surface area contributed by atoms with Crippen LogP contribution in [0, 0.1) is 0 Å². The van der Waals surface area contributed by atoms with Crippen LogP contribution in [0.5, 0.6) is 0 Å². The molecule has 0 bridgehead atoms. The lowest BCUT2D eigenvalue weighted by Gasteiger charge is -2.16. The van der Waals surface area contributed by atoms with E-state index in [1.165, 1.54) is 0 Å². The molecule has 0 aromatic heterocycles. The molecule has 0 saturated heterocycles. The van der Waals surface area contributed by atoms with Crippen LogP contribution < -0.4 is 10.6 Å². The minimum atomic E-state index is -0.284. The number of carbonyl (C=O) groups excluding carboxylic acids is 2. The third-order valence-corrected chi connectivity index (χ3v) is 4.26. The summed E-state index contributed by atoms with van der Waals surface area (Å²) in [5.41, 5.74) is 4.04. The third-order valence-electron chi connectivity index (χ3n) is 4.26. The van der Waals surface area contributed by atoms with Crippen LogP contribution in [0.25, 0.3) is 0 Å². The van der Waals surface area contributed by atoms with Crippen molar-refractivity contribution in [3.63, 3.8) is 0 Å². The molecular weight excluding hydrogens is 312 g/mol. The molecule has 1 unspecified atom stereocenters. The number of amides is 2. The van der Waals surface area contributed by atoms with E-state index in [0.29, 0.717) is 0 Å². The van der Waals surface area contributed by atoms with Crippen molar-refractivity contribution in [2.75, 3.05) is 5.32 Å². The smallest absolute Gasteiger partial charge is 0.233 e. The van der Waals surface area contributed by atoms with Crippen LogP contribution >= 0.6 is 0 Å². The monoisotopic (exact) mass is 338 g/mol. The zero-order chi connectivity index (χ0) is 18.2. The zero-order valence-corrected chi connectivity index (χ0v) is 15.1. The minimum absolute atomic E-state index is 0.129. The molecule has 25 heavy (non-hydrogen) atoms. The van der Waals surface area contributed by atoms with Crippen molar-refractivity contribution in [1.82, 2.24) is 5.32 Å². The molecule has 0 heterocycles. The van der Waals surface area contributed by atoms with Gasteiger partial charge in [0.2, 0.25) is 11.8 Å². The number of benzene rings is 2. The third kappa shape index (κ3) is 5.18. The quantitative estimate of drug-likeness (QED) is 0.749. The summed E-state index contributed by atoms with van der Waals surface area (Å²) in [6.07, 6.45) is 1.49. The Hall–Kier alpha value is -2.62. The molecule has 0 aliphatic rings. The lowest BCUT2D eigenvalue weighted by atomic mass is 10.0. The molecule has 132 valence electrons. The average molecular weight is 338 g/mol. The van der Waals surface area contributed by atoms with E-state index in [4.69, 9.17) is 0 Å². The number of aryl methyl sites for hydroxylation is 2. The molecule has 4 heteroatoms. The first-order valence-electron chi connectivity index (χ1n) is 8.80. The maximum absolute atomic E-state index is 12.3. The van der Waals surface area contributed by atoms with Gasteiger partial charge in [-0.2, -0.15) is 0 Å². The van der Waals surface area contributed by atoms with Gasteiger partial charge in [-0.3, -0.25) is 9.59 Å². The number of hydrogen-bond acceptors (Lipinski definition) is 2. The molecule has 2 aromatic carbocycles. The average Bonchev–Trinajstić information content (AvgIpc) is 2.62. The van der Waals surface area contributed by atoms with Gasteiger partial charge in [-0.25, -0.2) is 0 Å². The highest BCUT2D eigenvalue weighted by atomic mass is 16.2. The second-order valence-corrected chi connectivity index (χ2v) is 6.08. The first-order valence-corrected chi connectivity index (χ1v) is 8.80. The van der Waals surface area contributed by atoms with Gasteiger partial charge in [-0.05, 0) is 36.5 Å². The van der Waals surface area contributed by atoms with Crippen molar-refractivity contribution in [2.24, 2.45) is 0 Å². The Morgan fingerprint density at radius 3 is 2.04 bits per heavy atom. The highest BCUT2D eigenvalue weighted by molar-refractivity contribution is 6.04. The lowest BCUT2D eigenvalue weighted by Crippen LogP contribution is -2.30. The number of hydrogen-bond donors (Lipinski definition) is 2. The van der Waals surface area contributed by atoms with Crippen LogP contribution in [0.1, 0.15) is 49.9 Å². The van der Waals surface area contributed by atoms with Gasteiger partial charge in [-0.15, -0.1) is 0 Å². The van der Waals surface area contributed by atoms with Gasteiger partial charge in [0.15, 0.2) is 0 Å². The van der Waals surface area contributed by atoms with Gasteiger partial charge in [0.25, 0.3) is 0 Å². The molecule has 0 saturated carbocycles. The van der Waals surface area contributed by atoms with Gasteiger partial charge in [-0.1, -0.05) is 62.4 Å². The standard InChI is InChI=1S/C21H26N2O2/c1-4-16-12-9-13-17(5-2)21(16)23-20(25)14-19(24)22-15(3)18-10-7-6-8-11-18/h6-13,15H,4-5,14H2,1-3H3,(H,22,24)(H,23,25). The summed E-state index contributed by atoms with van der Waals surface area (Å²) >= 11 is 0. The Morgan fingerprint density at radius 1 is 0.880 bits per heavy atom. The van der Waals surface area contributed by atoms with E-state index in [9.17, 15) is 9.59 Å². The lowest BCUT2D eigenvalue weighted by molar-refractivity contribution is -0.127. The van der Waals surface area contributed by atoms with Crippen molar-refractivity contribution in [1.29, 1.82) is 0 Å². The molecule has 2 amide bonds. The molecular formula is C21H26N2O2. The number of anilines is 1. The highest BCUT2D eigenvalue weighted by Crippen LogP contribution is 2.22. The Bertz CT molecular complexity index is 704. The van der Waals surface area contributed by atoms with E-state index in [2.05, 4.69) is 24.5 Å². The van der Waals surface area contributed by atoms with Gasteiger partial charge >= 0.3 is 0 Å². The molecule has 2 aromatic rings. The second-order valence-electron chi connectivity index (χ2n) is 6.08. The number of nitrogens with one attached hydrogen (secondary N) is 2. The molecule has 2 N–H and O–H groups in total. The summed E-state index contributed by atoms with van der Waals surface area (Å²) in [6, 6.07) is 15.6. The van der Waals surface area contributed by atoms with Crippen LogP contribution in [0.4, 0.5) is 5.69 Å². The van der Waals surface area contributed by atoms with Crippen molar-refractivity contribution in [2.45, 2.75) is 46.1 Å². The normalized spacial score (nSPS) is 11.6. The zero-order valence-electron chi connectivity index (χ0n) is 15.1. The van der Waals surface area contributed by atoms with E-state index in [-0.39, 0.29) is 24.3 Å². The number of carbonyl (C=O) groups is 2. The Balaban J connectivity index is 1.97. The van der Waals surface area contributed by atoms with Crippen LogP contribution in [0.2, 0.25) is 0 Å². The predicted octanol–water partition coefficient (Wildman–Crippen LogP) is 4.02. The molecule has 1 atom stereocenters. The first kappa shape index (κ1) is 18.7. The Morgan fingerprint density at radius 2 is 1.48 bits per heavy atom. The Kier molecular flexibility index (Phi) is 6.75. The van der Waals surface area contributed by atoms with Crippen molar-refractivity contribution < 1.29 is 9.59 Å². The molecule has 0 radical (unpaired) electrons. The molecule has 0 fully saturated rings. The Labute approximate surface area is 149 Å². The van der Waals surface area contributed by atoms with Crippen molar-refractivity contribution in [3.05, 3.63) is 65.2 Å². The summed E-state index contributed by atoms with van der Waals surface area (Å²) in [5, 5.41) is 5.80. The van der Waals surface area contributed by atoms with Crippen LogP contribution in [0.3, 0.4) is 0 Å². The topological polar surface area (TPSA) is 58.2 Å². The van der Waals surface area contributed by atoms with E-state index in [1.807, 2.05) is 55.5 Å². The fourth-order valence-corrected chi connectivity index (χ4v) is 2.85. The van der Waals surface area contributed by atoms with Gasteiger partial charge in [0.1, 0.15) is 6.42 Å². The summed E-state index contributed by atoms with van der Waals surface area (Å²) in [5.74, 6) is -0.561. The largest absolute Gasteiger partial charge is 0.349 e. The molecule has 0 aliphatic heterocycles. The van der Waals surface area contributed by atoms with E-state index in [1.54, 1.807) is 0 Å². The van der Waals surface area contributed by atoms with Crippen molar-refractivity contribution in [3.8, 4) is 0 Å². The number of rotatable bonds is 7. The van der Waals surface area contributed by atoms with E-state index in [0.717, 1.165) is 35.2 Å². The summed E-state index contributed by atoms with van der Waals surface area (Å²) in [6.45, 7) is 6.02. The van der Waals surface area contributed by atoms with Gasteiger partial charge < -0.3 is 10.6 Å². The van der Waals surface area contributed by atoms with Crippen LogP contribution in [0.15, 0.2) is 48.5 Å². The fraction of sp³-hybridized carbons (Fsp3) is 0.333. The molecule has 2 rings (SSSR count).